The Morgan fingerprint density at radius 1 is 1.03 bits per heavy atom. The number of hydrogen-bond acceptors (Lipinski definition) is 4. The third kappa shape index (κ3) is 4.83. The number of benzene rings is 3. The number of phenolic OH excluding ortho intramolecular Hbond substituents is 1. The molecule has 31 heavy (non-hydrogen) atoms. The predicted octanol–water partition coefficient (Wildman–Crippen LogP) is 6.39. The first kappa shape index (κ1) is 21.6. The molecule has 4 nitrogen and oxygen atoms in total. The minimum atomic E-state index is -0.195. The Bertz CT molecular complexity index is 1110. The molecule has 2 atom stereocenters. The van der Waals surface area contributed by atoms with E-state index < -0.39 is 0 Å². The monoisotopic (exact) mass is 478 g/mol. The van der Waals surface area contributed by atoms with Crippen molar-refractivity contribution in [1.29, 1.82) is 0 Å². The standard InChI is InChI=1S/C26H27BrN2O2/c1-4-31-20-9-6-18(7-10-20)23-15-24(22-14-19(27)8-12-25(22)30)29-26(28-23)21-11-5-16(2)13-17(21)3/h5-14,24,26,29-30H,4,15H2,1-3H3/t24-,26+/m0/s1. The maximum Gasteiger partial charge on any atom is 0.126 e. The summed E-state index contributed by atoms with van der Waals surface area (Å²) in [5.74, 6) is 1.14. The number of halogens is 1. The molecule has 0 saturated heterocycles. The normalized spacial score (nSPS) is 18.5. The van der Waals surface area contributed by atoms with Crippen LogP contribution in [0.2, 0.25) is 0 Å². The van der Waals surface area contributed by atoms with Gasteiger partial charge in [-0.25, -0.2) is 0 Å². The average molecular weight is 479 g/mol. The van der Waals surface area contributed by atoms with E-state index in [0.29, 0.717) is 13.0 Å². The molecule has 0 aliphatic carbocycles. The van der Waals surface area contributed by atoms with Gasteiger partial charge in [0.1, 0.15) is 17.7 Å². The third-order valence-electron chi connectivity index (χ3n) is 5.62. The summed E-state index contributed by atoms with van der Waals surface area (Å²) in [6.07, 6.45) is 0.485. The molecule has 5 heteroatoms. The zero-order chi connectivity index (χ0) is 22.0. The summed E-state index contributed by atoms with van der Waals surface area (Å²) in [7, 11) is 0. The molecular weight excluding hydrogens is 452 g/mol. The van der Waals surface area contributed by atoms with Gasteiger partial charge in [0.15, 0.2) is 0 Å². The van der Waals surface area contributed by atoms with Gasteiger partial charge in [-0.05, 0) is 79.9 Å². The van der Waals surface area contributed by atoms with Gasteiger partial charge in [0.2, 0.25) is 0 Å². The number of aromatic hydroxyl groups is 1. The van der Waals surface area contributed by atoms with Gasteiger partial charge in [0.05, 0.1) is 6.61 Å². The second-order valence-corrected chi connectivity index (χ2v) is 8.84. The van der Waals surface area contributed by atoms with Crippen LogP contribution in [0.15, 0.2) is 70.1 Å². The molecule has 0 fully saturated rings. The molecule has 0 bridgehead atoms. The van der Waals surface area contributed by atoms with Crippen molar-refractivity contribution in [3.63, 3.8) is 0 Å². The van der Waals surface area contributed by atoms with Gasteiger partial charge in [-0.2, -0.15) is 0 Å². The Hall–Kier alpha value is -2.63. The van der Waals surface area contributed by atoms with E-state index in [2.05, 4.69) is 65.4 Å². The van der Waals surface area contributed by atoms with Crippen LogP contribution in [0.1, 0.15) is 53.4 Å². The topological polar surface area (TPSA) is 53.8 Å². The summed E-state index contributed by atoms with van der Waals surface area (Å²) >= 11 is 3.54. The number of phenols is 1. The van der Waals surface area contributed by atoms with Crippen molar-refractivity contribution < 1.29 is 9.84 Å². The van der Waals surface area contributed by atoms with Gasteiger partial charge in [-0.1, -0.05) is 39.7 Å². The van der Waals surface area contributed by atoms with Crippen LogP contribution in [0.25, 0.3) is 0 Å². The first-order valence-electron chi connectivity index (χ1n) is 10.6. The summed E-state index contributed by atoms with van der Waals surface area (Å²) in [5, 5.41) is 14.2. The fraction of sp³-hybridized carbons (Fsp3) is 0.269. The second-order valence-electron chi connectivity index (χ2n) is 7.92. The first-order valence-corrected chi connectivity index (χ1v) is 11.4. The van der Waals surface area contributed by atoms with E-state index in [1.54, 1.807) is 6.07 Å². The van der Waals surface area contributed by atoms with E-state index in [4.69, 9.17) is 9.73 Å². The Kier molecular flexibility index (Phi) is 6.44. The van der Waals surface area contributed by atoms with Crippen molar-refractivity contribution in [2.75, 3.05) is 6.61 Å². The lowest BCUT2D eigenvalue weighted by molar-refractivity contribution is 0.340. The van der Waals surface area contributed by atoms with E-state index in [0.717, 1.165) is 32.6 Å². The fourth-order valence-electron chi connectivity index (χ4n) is 4.09. The van der Waals surface area contributed by atoms with Gasteiger partial charge < -0.3 is 9.84 Å². The van der Waals surface area contributed by atoms with Gasteiger partial charge in [-0.15, -0.1) is 0 Å². The highest BCUT2D eigenvalue weighted by Crippen LogP contribution is 2.36. The van der Waals surface area contributed by atoms with E-state index in [-0.39, 0.29) is 18.0 Å². The van der Waals surface area contributed by atoms with E-state index in [1.807, 2.05) is 31.2 Å². The van der Waals surface area contributed by atoms with Crippen LogP contribution < -0.4 is 10.1 Å². The number of hydrogen-bond donors (Lipinski definition) is 2. The number of ether oxygens (including phenoxy) is 1. The zero-order valence-corrected chi connectivity index (χ0v) is 19.6. The Labute approximate surface area is 192 Å². The summed E-state index contributed by atoms with van der Waals surface area (Å²) in [6.45, 7) is 6.84. The van der Waals surface area contributed by atoms with Crippen LogP contribution in [-0.4, -0.2) is 17.4 Å². The highest BCUT2D eigenvalue weighted by atomic mass is 79.9. The summed E-state index contributed by atoms with van der Waals surface area (Å²) in [5.41, 5.74) is 6.52. The van der Waals surface area contributed by atoms with E-state index >= 15 is 0 Å². The van der Waals surface area contributed by atoms with Gasteiger partial charge >= 0.3 is 0 Å². The van der Waals surface area contributed by atoms with E-state index in [1.165, 1.54) is 11.1 Å². The van der Waals surface area contributed by atoms with Gasteiger partial charge in [-0.3, -0.25) is 10.3 Å². The smallest absolute Gasteiger partial charge is 0.126 e. The summed E-state index contributed by atoms with van der Waals surface area (Å²) in [4.78, 5) is 5.09. The largest absolute Gasteiger partial charge is 0.508 e. The van der Waals surface area contributed by atoms with Crippen LogP contribution in [-0.2, 0) is 0 Å². The maximum atomic E-state index is 10.6. The van der Waals surface area contributed by atoms with Crippen molar-refractivity contribution in [1.82, 2.24) is 5.32 Å². The number of nitrogens with one attached hydrogen (secondary N) is 1. The third-order valence-corrected chi connectivity index (χ3v) is 6.12. The van der Waals surface area contributed by atoms with Crippen molar-refractivity contribution in [2.45, 2.75) is 39.4 Å². The molecule has 0 spiro atoms. The van der Waals surface area contributed by atoms with Crippen LogP contribution in [0.4, 0.5) is 0 Å². The van der Waals surface area contributed by atoms with Crippen LogP contribution in [0.3, 0.4) is 0 Å². The molecule has 1 heterocycles. The molecule has 0 amide bonds. The number of aryl methyl sites for hydroxylation is 2. The second kappa shape index (κ2) is 9.25. The van der Waals surface area contributed by atoms with Crippen molar-refractivity contribution in [3.05, 3.63) is 93.0 Å². The summed E-state index contributed by atoms with van der Waals surface area (Å²) in [6, 6.07) is 20.0. The predicted molar refractivity (Wildman–Crippen MR) is 129 cm³/mol. The molecule has 0 aromatic heterocycles. The van der Waals surface area contributed by atoms with Crippen molar-refractivity contribution >= 4 is 21.6 Å². The molecule has 4 rings (SSSR count). The molecule has 3 aromatic carbocycles. The van der Waals surface area contributed by atoms with Crippen LogP contribution in [0.5, 0.6) is 11.5 Å². The number of aliphatic imine (C=N–C) groups is 1. The summed E-state index contributed by atoms with van der Waals surface area (Å²) < 4.78 is 6.53. The SMILES string of the molecule is CCOc1ccc(C2=N[C@@H](c3ccc(C)cc3C)N[C@H](c3cc(Br)ccc3O)C2)cc1. The Morgan fingerprint density at radius 3 is 2.52 bits per heavy atom. The molecule has 2 N–H and O–H groups in total. The molecule has 0 saturated carbocycles. The molecule has 0 unspecified atom stereocenters. The van der Waals surface area contributed by atoms with E-state index in [9.17, 15) is 5.11 Å². The van der Waals surface area contributed by atoms with Crippen LogP contribution >= 0.6 is 15.9 Å². The fourth-order valence-corrected chi connectivity index (χ4v) is 4.47. The molecule has 1 aliphatic heterocycles. The molecular formula is C26H27BrN2O2. The first-order chi connectivity index (χ1) is 14.9. The van der Waals surface area contributed by atoms with Gasteiger partial charge in [0.25, 0.3) is 0 Å². The van der Waals surface area contributed by atoms with Crippen LogP contribution in [0, 0.1) is 13.8 Å². The quantitative estimate of drug-likeness (QED) is 0.446. The minimum absolute atomic E-state index is 0.0673. The lowest BCUT2D eigenvalue weighted by Crippen LogP contribution is -2.33. The molecule has 0 radical (unpaired) electrons. The minimum Gasteiger partial charge on any atom is -0.508 e. The lowest BCUT2D eigenvalue weighted by atomic mass is 9.92. The van der Waals surface area contributed by atoms with Crippen molar-refractivity contribution in [3.8, 4) is 11.5 Å². The maximum absolute atomic E-state index is 10.6. The number of nitrogens with zero attached hydrogens (tertiary/aromatic N) is 1. The molecule has 160 valence electrons. The molecule has 3 aromatic rings. The Balaban J connectivity index is 1.75. The van der Waals surface area contributed by atoms with Crippen molar-refractivity contribution in [2.24, 2.45) is 4.99 Å². The molecule has 1 aliphatic rings. The Morgan fingerprint density at radius 2 is 1.81 bits per heavy atom. The highest BCUT2D eigenvalue weighted by Gasteiger charge is 2.28. The average Bonchev–Trinajstić information content (AvgIpc) is 2.76. The highest BCUT2D eigenvalue weighted by molar-refractivity contribution is 9.10. The zero-order valence-electron chi connectivity index (χ0n) is 18.0. The number of rotatable bonds is 5. The van der Waals surface area contributed by atoms with Gasteiger partial charge in [0, 0.05) is 28.2 Å². The lowest BCUT2D eigenvalue weighted by Gasteiger charge is -2.31.